The van der Waals surface area contributed by atoms with E-state index in [0.717, 1.165) is 19.3 Å². The first-order chi connectivity index (χ1) is 10.4. The molecule has 2 aliphatic heterocycles. The van der Waals surface area contributed by atoms with Crippen LogP contribution in [0.1, 0.15) is 39.0 Å². The Morgan fingerprint density at radius 1 is 1.23 bits per heavy atom. The van der Waals surface area contributed by atoms with Gasteiger partial charge in [0.05, 0.1) is 12.2 Å². The molecule has 6 nitrogen and oxygen atoms in total. The van der Waals surface area contributed by atoms with Crippen molar-refractivity contribution in [3.63, 3.8) is 0 Å². The lowest BCUT2D eigenvalue weighted by Gasteiger charge is -2.30. The lowest BCUT2D eigenvalue weighted by Crippen LogP contribution is -2.45. The molecule has 0 aromatic carbocycles. The van der Waals surface area contributed by atoms with E-state index in [1.54, 1.807) is 0 Å². The average Bonchev–Trinajstić information content (AvgIpc) is 3.00. The van der Waals surface area contributed by atoms with Crippen molar-refractivity contribution in [1.29, 1.82) is 0 Å². The van der Waals surface area contributed by atoms with E-state index in [2.05, 4.69) is 17.1 Å². The molecule has 128 valence electrons. The Bertz CT molecular complexity index is 474. The van der Waals surface area contributed by atoms with Gasteiger partial charge in [-0.15, -0.1) is 0 Å². The Labute approximate surface area is 134 Å². The van der Waals surface area contributed by atoms with Crippen molar-refractivity contribution in [3.05, 3.63) is 0 Å². The summed E-state index contributed by atoms with van der Waals surface area (Å²) in [6, 6.07) is 0.502. The van der Waals surface area contributed by atoms with E-state index in [9.17, 15) is 13.2 Å². The molecule has 1 amide bonds. The molecule has 2 heterocycles. The van der Waals surface area contributed by atoms with Crippen LogP contribution < -0.4 is 5.32 Å². The zero-order chi connectivity index (χ0) is 16.2. The fourth-order valence-corrected chi connectivity index (χ4v) is 4.28. The SMILES string of the molecule is CC(CCNC(=O)C1CCCN(S(C)(=O)=O)C1)N1CCCC1. The van der Waals surface area contributed by atoms with Crippen LogP contribution in [0.15, 0.2) is 0 Å². The van der Waals surface area contributed by atoms with Crippen molar-refractivity contribution in [2.45, 2.75) is 45.1 Å². The summed E-state index contributed by atoms with van der Waals surface area (Å²) in [4.78, 5) is 14.7. The fraction of sp³-hybridized carbons (Fsp3) is 0.933. The summed E-state index contributed by atoms with van der Waals surface area (Å²) in [5, 5.41) is 2.99. The van der Waals surface area contributed by atoms with Crippen LogP contribution in [0.5, 0.6) is 0 Å². The van der Waals surface area contributed by atoms with Gasteiger partial charge in [-0.3, -0.25) is 4.79 Å². The van der Waals surface area contributed by atoms with E-state index >= 15 is 0 Å². The van der Waals surface area contributed by atoms with E-state index in [-0.39, 0.29) is 11.8 Å². The number of nitrogens with one attached hydrogen (secondary N) is 1. The number of hydrogen-bond donors (Lipinski definition) is 1. The zero-order valence-corrected chi connectivity index (χ0v) is 14.6. The lowest BCUT2D eigenvalue weighted by molar-refractivity contribution is -0.126. The third-order valence-corrected chi connectivity index (χ3v) is 6.12. The predicted molar refractivity (Wildman–Crippen MR) is 87.0 cm³/mol. The Morgan fingerprint density at radius 3 is 2.55 bits per heavy atom. The summed E-state index contributed by atoms with van der Waals surface area (Å²) in [6.45, 7) is 6.08. The fourth-order valence-electron chi connectivity index (χ4n) is 3.37. The van der Waals surface area contributed by atoms with Crippen molar-refractivity contribution < 1.29 is 13.2 Å². The minimum atomic E-state index is -3.19. The number of likely N-dealkylation sites (tertiary alicyclic amines) is 1. The maximum atomic E-state index is 12.2. The molecule has 2 saturated heterocycles. The van der Waals surface area contributed by atoms with Crippen LogP contribution in [-0.2, 0) is 14.8 Å². The van der Waals surface area contributed by atoms with Gasteiger partial charge in [0.25, 0.3) is 0 Å². The molecule has 2 fully saturated rings. The Kier molecular flexibility index (Phi) is 6.23. The topological polar surface area (TPSA) is 69.7 Å². The molecule has 0 radical (unpaired) electrons. The van der Waals surface area contributed by atoms with Crippen molar-refractivity contribution >= 4 is 15.9 Å². The van der Waals surface area contributed by atoms with Gasteiger partial charge in [-0.2, -0.15) is 0 Å². The normalized spacial score (nSPS) is 26.0. The Morgan fingerprint density at radius 2 is 1.91 bits per heavy atom. The number of amides is 1. The highest BCUT2D eigenvalue weighted by molar-refractivity contribution is 7.88. The maximum Gasteiger partial charge on any atom is 0.224 e. The lowest BCUT2D eigenvalue weighted by atomic mass is 9.99. The summed E-state index contributed by atoms with van der Waals surface area (Å²) >= 11 is 0. The highest BCUT2D eigenvalue weighted by Crippen LogP contribution is 2.19. The van der Waals surface area contributed by atoms with Crippen LogP contribution in [0.2, 0.25) is 0 Å². The smallest absolute Gasteiger partial charge is 0.224 e. The van der Waals surface area contributed by atoms with Crippen LogP contribution in [0.4, 0.5) is 0 Å². The predicted octanol–water partition coefficient (Wildman–Crippen LogP) is 0.649. The molecule has 0 spiro atoms. The second-order valence-corrected chi connectivity index (χ2v) is 8.61. The molecule has 2 rings (SSSR count). The quantitative estimate of drug-likeness (QED) is 0.776. The first-order valence-electron chi connectivity index (χ1n) is 8.35. The van der Waals surface area contributed by atoms with E-state index in [1.807, 2.05) is 0 Å². The molecule has 0 saturated carbocycles. The Hall–Kier alpha value is -0.660. The summed E-state index contributed by atoms with van der Waals surface area (Å²) < 4.78 is 24.6. The van der Waals surface area contributed by atoms with Gasteiger partial charge in [0.1, 0.15) is 0 Å². The molecular weight excluding hydrogens is 302 g/mol. The van der Waals surface area contributed by atoms with Crippen molar-refractivity contribution in [2.24, 2.45) is 5.92 Å². The number of piperidine rings is 1. The van der Waals surface area contributed by atoms with Crippen molar-refractivity contribution in [3.8, 4) is 0 Å². The van der Waals surface area contributed by atoms with E-state index in [0.29, 0.717) is 25.7 Å². The Balaban J connectivity index is 1.72. The molecule has 22 heavy (non-hydrogen) atoms. The molecule has 0 bridgehead atoms. The van der Waals surface area contributed by atoms with Gasteiger partial charge in [-0.05, 0) is 52.1 Å². The average molecular weight is 331 g/mol. The van der Waals surface area contributed by atoms with Gasteiger partial charge in [-0.1, -0.05) is 0 Å². The van der Waals surface area contributed by atoms with Crippen LogP contribution >= 0.6 is 0 Å². The molecule has 2 unspecified atom stereocenters. The highest BCUT2D eigenvalue weighted by atomic mass is 32.2. The van der Waals surface area contributed by atoms with E-state index < -0.39 is 10.0 Å². The monoisotopic (exact) mass is 331 g/mol. The summed E-state index contributed by atoms with van der Waals surface area (Å²) in [5.41, 5.74) is 0. The van der Waals surface area contributed by atoms with Gasteiger partial charge >= 0.3 is 0 Å². The van der Waals surface area contributed by atoms with Gasteiger partial charge in [-0.25, -0.2) is 12.7 Å². The molecule has 0 aromatic heterocycles. The molecule has 0 aromatic rings. The van der Waals surface area contributed by atoms with Crippen LogP contribution in [-0.4, -0.2) is 68.6 Å². The molecule has 2 aliphatic rings. The van der Waals surface area contributed by atoms with Gasteiger partial charge in [0.2, 0.25) is 15.9 Å². The number of carbonyl (C=O) groups excluding carboxylic acids is 1. The van der Waals surface area contributed by atoms with Crippen molar-refractivity contribution in [2.75, 3.05) is 39.0 Å². The van der Waals surface area contributed by atoms with Gasteiger partial charge < -0.3 is 10.2 Å². The second kappa shape index (κ2) is 7.75. The highest BCUT2D eigenvalue weighted by Gasteiger charge is 2.30. The largest absolute Gasteiger partial charge is 0.356 e. The standard InChI is InChI=1S/C15H29N3O3S/c1-13(17-9-3-4-10-17)7-8-16-15(19)14-6-5-11-18(12-14)22(2,20)21/h13-14H,3-12H2,1-2H3,(H,16,19). The van der Waals surface area contributed by atoms with Gasteiger partial charge in [0, 0.05) is 25.7 Å². The number of nitrogens with zero attached hydrogens (tertiary/aromatic N) is 2. The number of rotatable bonds is 6. The first kappa shape index (κ1) is 17.7. The summed E-state index contributed by atoms with van der Waals surface area (Å²) in [7, 11) is -3.19. The van der Waals surface area contributed by atoms with Crippen LogP contribution in [0.3, 0.4) is 0 Å². The van der Waals surface area contributed by atoms with Gasteiger partial charge in [0.15, 0.2) is 0 Å². The van der Waals surface area contributed by atoms with E-state index in [4.69, 9.17) is 0 Å². The molecule has 7 heteroatoms. The second-order valence-electron chi connectivity index (χ2n) is 6.63. The molecular formula is C15H29N3O3S. The van der Waals surface area contributed by atoms with E-state index in [1.165, 1.54) is 36.5 Å². The minimum Gasteiger partial charge on any atom is -0.356 e. The molecule has 0 aliphatic carbocycles. The third kappa shape index (κ3) is 4.93. The summed E-state index contributed by atoms with van der Waals surface area (Å²) in [6.07, 6.45) is 6.26. The zero-order valence-electron chi connectivity index (χ0n) is 13.8. The third-order valence-electron chi connectivity index (χ3n) is 4.85. The first-order valence-corrected chi connectivity index (χ1v) is 10.2. The van der Waals surface area contributed by atoms with Crippen LogP contribution in [0.25, 0.3) is 0 Å². The minimum absolute atomic E-state index is 0.00183. The maximum absolute atomic E-state index is 12.2. The molecule has 1 N–H and O–H groups in total. The summed E-state index contributed by atoms with van der Waals surface area (Å²) in [5.74, 6) is -0.201. The molecule has 2 atom stereocenters. The number of sulfonamides is 1. The number of carbonyl (C=O) groups is 1. The van der Waals surface area contributed by atoms with Crippen LogP contribution in [0, 0.1) is 5.92 Å². The number of hydrogen-bond acceptors (Lipinski definition) is 4. The van der Waals surface area contributed by atoms with Crippen molar-refractivity contribution in [1.82, 2.24) is 14.5 Å².